The summed E-state index contributed by atoms with van der Waals surface area (Å²) in [6.07, 6.45) is 11.7. The number of nitrogens with zero attached hydrogens (tertiary/aromatic N) is 2. The SMILES string of the molecule is O=C(/C=C1\CC[C@]12CC[C@@]1(O)[C@H]3Cc4ccc(O)c5c4[C@@]1(CCN3CC1CC1)[C@H]2O5)N1CC2CCC1CO2. The van der Waals surface area contributed by atoms with Crippen molar-refractivity contribution < 1.29 is 24.5 Å². The second-order valence-electron chi connectivity index (χ2n) is 13.8. The van der Waals surface area contributed by atoms with Gasteiger partial charge in [0, 0.05) is 36.2 Å². The molecule has 1 amide bonds. The van der Waals surface area contributed by atoms with Crippen LogP contribution in [0.5, 0.6) is 11.5 Å². The number of phenolic OH excluding ortho intramolecular Hbond substituents is 1. The van der Waals surface area contributed by atoms with Crippen LogP contribution in [0.25, 0.3) is 0 Å². The summed E-state index contributed by atoms with van der Waals surface area (Å²) < 4.78 is 12.7. The Balaban J connectivity index is 1.13. The molecule has 202 valence electrons. The molecule has 7 atom stereocenters. The van der Waals surface area contributed by atoms with Crippen molar-refractivity contribution in [1.29, 1.82) is 0 Å². The van der Waals surface area contributed by atoms with Gasteiger partial charge in [0.15, 0.2) is 11.5 Å². The summed E-state index contributed by atoms with van der Waals surface area (Å²) >= 11 is 0. The number of aromatic hydroxyl groups is 1. The van der Waals surface area contributed by atoms with E-state index in [2.05, 4.69) is 11.0 Å². The highest BCUT2D eigenvalue weighted by molar-refractivity contribution is 5.89. The third kappa shape index (κ3) is 2.64. The Bertz CT molecular complexity index is 1270. The van der Waals surface area contributed by atoms with Gasteiger partial charge in [0.2, 0.25) is 5.91 Å². The molecule has 38 heavy (non-hydrogen) atoms. The largest absolute Gasteiger partial charge is 0.504 e. The van der Waals surface area contributed by atoms with Crippen LogP contribution in [0.3, 0.4) is 0 Å². The van der Waals surface area contributed by atoms with E-state index in [9.17, 15) is 15.0 Å². The third-order valence-corrected chi connectivity index (χ3v) is 12.2. The van der Waals surface area contributed by atoms with Crippen molar-refractivity contribution >= 4 is 5.91 Å². The quantitative estimate of drug-likeness (QED) is 0.599. The predicted molar refractivity (Wildman–Crippen MR) is 139 cm³/mol. The molecule has 2 unspecified atom stereocenters. The maximum Gasteiger partial charge on any atom is 0.246 e. The first-order valence-electron chi connectivity index (χ1n) is 15.0. The van der Waals surface area contributed by atoms with E-state index in [4.69, 9.17) is 9.47 Å². The van der Waals surface area contributed by atoms with Crippen molar-refractivity contribution in [3.05, 3.63) is 34.9 Å². The van der Waals surface area contributed by atoms with Crippen LogP contribution >= 0.6 is 0 Å². The van der Waals surface area contributed by atoms with Gasteiger partial charge in [0.1, 0.15) is 6.10 Å². The molecule has 4 aliphatic carbocycles. The minimum absolute atomic E-state index is 0.0846. The summed E-state index contributed by atoms with van der Waals surface area (Å²) in [6.45, 7) is 3.40. The molecule has 3 saturated carbocycles. The molecule has 4 bridgehead atoms. The third-order valence-electron chi connectivity index (χ3n) is 12.2. The number of carbonyl (C=O) groups is 1. The van der Waals surface area contributed by atoms with Crippen LogP contribution in [0.1, 0.15) is 68.9 Å². The van der Waals surface area contributed by atoms with E-state index < -0.39 is 11.0 Å². The zero-order valence-electron chi connectivity index (χ0n) is 22.0. The first kappa shape index (κ1) is 22.7. The molecule has 5 heterocycles. The number of rotatable bonds is 3. The topological polar surface area (TPSA) is 82.5 Å². The number of aliphatic hydroxyl groups is 1. The molecule has 7 fully saturated rings. The first-order valence-corrected chi connectivity index (χ1v) is 15.0. The zero-order chi connectivity index (χ0) is 25.4. The van der Waals surface area contributed by atoms with Crippen LogP contribution in [0.4, 0.5) is 0 Å². The Kier molecular flexibility index (Phi) is 4.39. The van der Waals surface area contributed by atoms with Crippen molar-refractivity contribution in [1.82, 2.24) is 9.80 Å². The van der Waals surface area contributed by atoms with Gasteiger partial charge >= 0.3 is 0 Å². The molecular weight excluding hydrogens is 480 g/mol. The molecule has 9 aliphatic rings. The fourth-order valence-corrected chi connectivity index (χ4v) is 10.1. The maximum atomic E-state index is 13.6. The number of likely N-dealkylation sites (tertiary alicyclic amines) is 1. The van der Waals surface area contributed by atoms with E-state index in [0.717, 1.165) is 75.9 Å². The highest BCUT2D eigenvalue weighted by atomic mass is 16.5. The number of morpholine rings is 1. The van der Waals surface area contributed by atoms with Crippen LogP contribution in [0, 0.1) is 11.3 Å². The summed E-state index contributed by atoms with van der Waals surface area (Å²) in [4.78, 5) is 18.2. The maximum absolute atomic E-state index is 13.6. The Labute approximate surface area is 223 Å². The lowest BCUT2D eigenvalue weighted by molar-refractivity contribution is -0.218. The van der Waals surface area contributed by atoms with Crippen LogP contribution in [0.15, 0.2) is 23.8 Å². The Morgan fingerprint density at radius 3 is 2.74 bits per heavy atom. The van der Waals surface area contributed by atoms with Crippen LogP contribution in [0.2, 0.25) is 0 Å². The van der Waals surface area contributed by atoms with Crippen LogP contribution < -0.4 is 4.74 Å². The molecule has 0 radical (unpaired) electrons. The van der Waals surface area contributed by atoms with Gasteiger partial charge in [-0.3, -0.25) is 9.69 Å². The van der Waals surface area contributed by atoms with E-state index >= 15 is 0 Å². The van der Waals surface area contributed by atoms with E-state index in [0.29, 0.717) is 18.9 Å². The summed E-state index contributed by atoms with van der Waals surface area (Å²) in [5.74, 6) is 1.69. The molecule has 1 aromatic carbocycles. The average molecular weight is 519 g/mol. The number of hydrogen-bond acceptors (Lipinski definition) is 6. The lowest BCUT2D eigenvalue weighted by Crippen LogP contribution is -2.78. The van der Waals surface area contributed by atoms with Crippen molar-refractivity contribution in [2.45, 2.75) is 99.5 Å². The molecule has 10 rings (SSSR count). The van der Waals surface area contributed by atoms with Gasteiger partial charge in [-0.25, -0.2) is 0 Å². The molecule has 7 nitrogen and oxygen atoms in total. The molecule has 7 heteroatoms. The number of fused-ring (bicyclic) bond motifs is 4. The normalized spacial score (nSPS) is 45.2. The summed E-state index contributed by atoms with van der Waals surface area (Å²) in [6, 6.07) is 4.14. The van der Waals surface area contributed by atoms with Gasteiger partial charge in [0.05, 0.1) is 29.8 Å². The summed E-state index contributed by atoms with van der Waals surface area (Å²) in [5, 5.41) is 23.8. The van der Waals surface area contributed by atoms with Gasteiger partial charge < -0.3 is 24.6 Å². The number of hydrogen-bond donors (Lipinski definition) is 2. The van der Waals surface area contributed by atoms with Gasteiger partial charge in [0.25, 0.3) is 0 Å². The highest BCUT2D eigenvalue weighted by Gasteiger charge is 2.77. The van der Waals surface area contributed by atoms with Crippen molar-refractivity contribution in [2.75, 3.05) is 26.2 Å². The molecule has 5 aliphatic heterocycles. The number of ether oxygens (including phenoxy) is 2. The summed E-state index contributed by atoms with van der Waals surface area (Å²) in [5.41, 5.74) is 1.85. The molecule has 2 spiro atoms. The number of phenols is 1. The lowest BCUT2D eigenvalue weighted by Gasteiger charge is -2.68. The van der Waals surface area contributed by atoms with Crippen molar-refractivity contribution in [3.63, 3.8) is 0 Å². The second-order valence-corrected chi connectivity index (χ2v) is 13.8. The van der Waals surface area contributed by atoms with Gasteiger partial charge in [-0.05, 0) is 88.3 Å². The summed E-state index contributed by atoms with van der Waals surface area (Å²) in [7, 11) is 0. The number of piperidine rings is 2. The number of benzene rings is 1. The van der Waals surface area contributed by atoms with Crippen LogP contribution in [-0.2, 0) is 21.4 Å². The second kappa shape index (κ2) is 7.35. The molecule has 2 N–H and O–H groups in total. The van der Waals surface area contributed by atoms with E-state index in [1.807, 2.05) is 11.0 Å². The standard InChI is InChI=1S/C31H38N2O5/c34-23-6-3-19-13-24-31(36)10-9-29(8-7-20(29)14-25(35)33-16-22-5-4-21(33)17-37-22)28-30(31,26(19)27(23)38-28)11-12-32(24)15-18-1-2-18/h3,6,14,18,21-22,24,28,34,36H,1-2,4-5,7-13,15-17H2/b20-14+/t21?,22?,24-,28+,29+,30+,31-/m1/s1. The number of amides is 1. The molecular formula is C31H38N2O5. The van der Waals surface area contributed by atoms with Crippen molar-refractivity contribution in [2.24, 2.45) is 11.3 Å². The first-order chi connectivity index (χ1) is 18.4. The molecule has 4 saturated heterocycles. The van der Waals surface area contributed by atoms with Gasteiger partial charge in [-0.2, -0.15) is 0 Å². The molecule has 0 aromatic heterocycles. The van der Waals surface area contributed by atoms with E-state index in [1.165, 1.54) is 24.0 Å². The minimum Gasteiger partial charge on any atom is -0.504 e. The predicted octanol–water partition coefficient (Wildman–Crippen LogP) is 3.05. The Hall–Kier alpha value is -2.09. The average Bonchev–Trinajstić information content (AvgIpc) is 3.67. The minimum atomic E-state index is -0.879. The van der Waals surface area contributed by atoms with Gasteiger partial charge in [-0.15, -0.1) is 0 Å². The van der Waals surface area contributed by atoms with E-state index in [-0.39, 0.29) is 41.4 Å². The number of carbonyl (C=O) groups excluding carboxylic acids is 1. The Morgan fingerprint density at radius 1 is 1.13 bits per heavy atom. The fourth-order valence-electron chi connectivity index (χ4n) is 10.1. The Morgan fingerprint density at radius 2 is 2.03 bits per heavy atom. The monoisotopic (exact) mass is 518 g/mol. The van der Waals surface area contributed by atoms with Crippen molar-refractivity contribution in [3.8, 4) is 11.5 Å². The zero-order valence-corrected chi connectivity index (χ0v) is 22.0. The highest BCUT2D eigenvalue weighted by Crippen LogP contribution is 2.72. The molecule has 1 aromatic rings. The fraction of sp³-hybridized carbons (Fsp3) is 0.710. The lowest BCUT2D eigenvalue weighted by atomic mass is 9.40. The van der Waals surface area contributed by atoms with E-state index in [1.54, 1.807) is 6.07 Å². The van der Waals surface area contributed by atoms with Gasteiger partial charge in [-0.1, -0.05) is 11.6 Å². The smallest absolute Gasteiger partial charge is 0.246 e. The van der Waals surface area contributed by atoms with Crippen LogP contribution in [-0.4, -0.2) is 82.1 Å².